The number of nitrogens with one attached hydrogen (secondary N) is 2. The maximum atomic E-state index is 12.0. The molecule has 0 radical (unpaired) electrons. The number of benzene rings is 2. The lowest BCUT2D eigenvalue weighted by Crippen LogP contribution is -2.40. The van der Waals surface area contributed by atoms with Gasteiger partial charge in [-0.1, -0.05) is 38.1 Å². The topological polar surface area (TPSA) is 131 Å². The largest absolute Gasteiger partial charge is 0.394 e. The van der Waals surface area contributed by atoms with Crippen LogP contribution in [0.4, 0.5) is 0 Å². The van der Waals surface area contributed by atoms with Crippen molar-refractivity contribution in [3.63, 3.8) is 0 Å². The van der Waals surface area contributed by atoms with Crippen molar-refractivity contribution < 1.29 is 19.7 Å². The highest BCUT2D eigenvalue weighted by Crippen LogP contribution is 2.25. The second-order valence-electron chi connectivity index (χ2n) is 11.4. The molecule has 236 valence electrons. The predicted octanol–water partition coefficient (Wildman–Crippen LogP) is 2.91. The summed E-state index contributed by atoms with van der Waals surface area (Å²) in [6.07, 6.45) is 0.879. The summed E-state index contributed by atoms with van der Waals surface area (Å²) >= 11 is 0. The third-order valence-corrected chi connectivity index (χ3v) is 8.62. The van der Waals surface area contributed by atoms with Gasteiger partial charge >= 0.3 is 0 Å². The van der Waals surface area contributed by atoms with Gasteiger partial charge in [0.15, 0.2) is 0 Å². The summed E-state index contributed by atoms with van der Waals surface area (Å²) in [6.45, 7) is 10.7. The van der Waals surface area contributed by atoms with E-state index in [-0.39, 0.29) is 23.8 Å². The first-order valence-corrected chi connectivity index (χ1v) is 15.6. The molecular weight excluding hydrogens is 560 g/mol. The summed E-state index contributed by atoms with van der Waals surface area (Å²) in [6, 6.07) is 15.6. The van der Waals surface area contributed by atoms with Crippen molar-refractivity contribution in [2.45, 2.75) is 38.8 Å². The maximum Gasteiger partial charge on any atom is 0.251 e. The van der Waals surface area contributed by atoms with Gasteiger partial charge in [-0.25, -0.2) is 0 Å². The van der Waals surface area contributed by atoms with Crippen molar-refractivity contribution in [3.8, 4) is 0 Å². The number of aryl methyl sites for hydroxylation is 2. The molecule has 2 atom stereocenters. The van der Waals surface area contributed by atoms with Gasteiger partial charge in [0.05, 0.1) is 45.2 Å². The molecule has 10 heteroatoms. The van der Waals surface area contributed by atoms with Gasteiger partial charge in [-0.05, 0) is 59.0 Å². The van der Waals surface area contributed by atoms with Gasteiger partial charge < -0.3 is 29.7 Å². The molecule has 2 aliphatic heterocycles. The van der Waals surface area contributed by atoms with Crippen LogP contribution < -0.4 is 11.1 Å². The number of rotatable bonds is 8. The monoisotopic (exact) mass is 604 g/mol. The molecule has 0 aliphatic carbocycles. The summed E-state index contributed by atoms with van der Waals surface area (Å²) in [5.41, 5.74) is 4.97. The van der Waals surface area contributed by atoms with Crippen LogP contribution >= 0.6 is 0 Å². The molecule has 10 nitrogen and oxygen atoms in total. The molecule has 2 aromatic heterocycles. The lowest BCUT2D eigenvalue weighted by Gasteiger charge is -2.33. The quantitative estimate of drug-likeness (QED) is 0.242. The van der Waals surface area contributed by atoms with Gasteiger partial charge in [-0.2, -0.15) is 0 Å². The Morgan fingerprint density at radius 3 is 1.77 bits per heavy atom. The van der Waals surface area contributed by atoms with E-state index in [1.54, 1.807) is 0 Å². The number of aromatic amines is 2. The number of aliphatic hydroxyl groups excluding tert-OH is 2. The molecule has 0 bridgehead atoms. The minimum absolute atomic E-state index is 0.0286. The Bertz CT molecular complexity index is 1660. The highest BCUT2D eigenvalue weighted by molar-refractivity contribution is 5.80. The number of ether oxygens (including phenoxy) is 2. The van der Waals surface area contributed by atoms with Gasteiger partial charge in [0, 0.05) is 54.9 Å². The smallest absolute Gasteiger partial charge is 0.251 e. The Morgan fingerprint density at radius 1 is 0.750 bits per heavy atom. The van der Waals surface area contributed by atoms with E-state index >= 15 is 0 Å². The Labute approximate surface area is 257 Å². The lowest BCUT2D eigenvalue weighted by atomic mass is 10.0. The van der Waals surface area contributed by atoms with E-state index in [0.717, 1.165) is 89.9 Å². The van der Waals surface area contributed by atoms with Gasteiger partial charge in [-0.15, -0.1) is 0 Å². The number of H-pyrrole nitrogens is 2. The summed E-state index contributed by atoms with van der Waals surface area (Å²) < 4.78 is 10.7. The Hall–Kier alpha value is -3.38. The van der Waals surface area contributed by atoms with Gasteiger partial charge in [-0.3, -0.25) is 19.4 Å². The number of hydrogen-bond donors (Lipinski definition) is 4. The Kier molecular flexibility index (Phi) is 11.0. The Morgan fingerprint density at radius 2 is 1.25 bits per heavy atom. The third kappa shape index (κ3) is 7.63. The van der Waals surface area contributed by atoms with Crippen LogP contribution in [0, 0.1) is 0 Å². The number of aliphatic hydroxyl groups is 2. The number of fused-ring (bicyclic) bond motifs is 2. The fourth-order valence-electron chi connectivity index (χ4n) is 5.92. The van der Waals surface area contributed by atoms with E-state index in [1.807, 2.05) is 62.4 Å². The molecule has 0 spiro atoms. The number of pyridine rings is 2. The maximum absolute atomic E-state index is 12.0. The molecule has 2 fully saturated rings. The van der Waals surface area contributed by atoms with Crippen LogP contribution in [0.1, 0.15) is 48.2 Å². The molecule has 2 aromatic carbocycles. The van der Waals surface area contributed by atoms with Crippen LogP contribution in [-0.4, -0.2) is 95.7 Å². The molecule has 2 unspecified atom stereocenters. The SMILES string of the molecule is CCc1cc2ccc(C(CO)N3CCOCC3)cc2[nH]c1=O.CCc1cc2ccc(C(O)CN3CCOCC3)cc2[nH]c1=O. The summed E-state index contributed by atoms with van der Waals surface area (Å²) in [5, 5.41) is 22.2. The number of aromatic nitrogens is 2. The number of morpholine rings is 2. The standard InChI is InChI=1S/2C17H22N2O3/c1-2-12-9-13-3-4-14(10-15(13)18-17(12)21)16(11-20)19-5-7-22-8-6-19;1-2-12-9-13-3-4-14(10-15(13)18-17(12)21)16(20)11-19-5-7-22-8-6-19/h2*3-4,9-10,16,20H,2,5-8,11H2,1H3,(H,18,21). The van der Waals surface area contributed by atoms with E-state index in [9.17, 15) is 19.8 Å². The molecule has 0 saturated carbocycles. The fraction of sp³-hybridized carbons (Fsp3) is 0.471. The van der Waals surface area contributed by atoms with Crippen molar-refractivity contribution in [1.29, 1.82) is 0 Å². The van der Waals surface area contributed by atoms with Crippen LogP contribution in [0.5, 0.6) is 0 Å². The van der Waals surface area contributed by atoms with Crippen molar-refractivity contribution in [2.24, 2.45) is 0 Å². The first-order chi connectivity index (χ1) is 21.4. The highest BCUT2D eigenvalue weighted by Gasteiger charge is 2.22. The van der Waals surface area contributed by atoms with Crippen molar-refractivity contribution in [1.82, 2.24) is 19.8 Å². The Balaban J connectivity index is 0.000000175. The molecule has 4 N–H and O–H groups in total. The minimum Gasteiger partial charge on any atom is -0.394 e. The van der Waals surface area contributed by atoms with Gasteiger partial charge in [0.2, 0.25) is 0 Å². The van der Waals surface area contributed by atoms with E-state index in [2.05, 4.69) is 19.8 Å². The second-order valence-corrected chi connectivity index (χ2v) is 11.4. The first kappa shape index (κ1) is 32.0. The minimum atomic E-state index is -0.558. The average molecular weight is 605 g/mol. The molecule has 44 heavy (non-hydrogen) atoms. The average Bonchev–Trinajstić information content (AvgIpc) is 3.05. The van der Waals surface area contributed by atoms with Crippen molar-refractivity contribution in [3.05, 3.63) is 91.5 Å². The van der Waals surface area contributed by atoms with Gasteiger partial charge in [0.1, 0.15) is 0 Å². The number of β-amino-alcohol motifs (C(OH)–C–C–N with tert-alkyl or cyclic N) is 1. The van der Waals surface area contributed by atoms with Crippen LogP contribution in [0.25, 0.3) is 21.8 Å². The highest BCUT2D eigenvalue weighted by atomic mass is 16.5. The third-order valence-electron chi connectivity index (χ3n) is 8.62. The molecule has 2 aliphatic rings. The van der Waals surface area contributed by atoms with Crippen LogP contribution in [0.2, 0.25) is 0 Å². The zero-order chi connectivity index (χ0) is 31.1. The molecular formula is C34H44N4O6. The summed E-state index contributed by atoms with van der Waals surface area (Å²) in [5.74, 6) is 0. The van der Waals surface area contributed by atoms with E-state index in [0.29, 0.717) is 26.2 Å². The molecule has 2 saturated heterocycles. The molecule has 4 aromatic rings. The van der Waals surface area contributed by atoms with E-state index in [1.165, 1.54) is 0 Å². The summed E-state index contributed by atoms with van der Waals surface area (Å²) in [7, 11) is 0. The van der Waals surface area contributed by atoms with E-state index < -0.39 is 6.10 Å². The van der Waals surface area contributed by atoms with Crippen LogP contribution in [-0.2, 0) is 22.3 Å². The fourth-order valence-corrected chi connectivity index (χ4v) is 5.92. The predicted molar refractivity (Wildman–Crippen MR) is 172 cm³/mol. The zero-order valence-electron chi connectivity index (χ0n) is 25.7. The van der Waals surface area contributed by atoms with Crippen molar-refractivity contribution >= 4 is 21.8 Å². The molecule has 4 heterocycles. The zero-order valence-corrected chi connectivity index (χ0v) is 25.7. The van der Waals surface area contributed by atoms with Crippen molar-refractivity contribution in [2.75, 3.05) is 65.8 Å². The lowest BCUT2D eigenvalue weighted by molar-refractivity contribution is 0.00262. The normalized spacial score (nSPS) is 17.7. The van der Waals surface area contributed by atoms with Crippen LogP contribution in [0.3, 0.4) is 0 Å². The molecule has 6 rings (SSSR count). The molecule has 0 amide bonds. The summed E-state index contributed by atoms with van der Waals surface area (Å²) in [4.78, 5) is 34.2. The van der Waals surface area contributed by atoms with Gasteiger partial charge in [0.25, 0.3) is 11.1 Å². The second kappa shape index (κ2) is 15.1. The number of nitrogens with zero attached hydrogens (tertiary/aromatic N) is 2. The first-order valence-electron chi connectivity index (χ1n) is 15.6. The van der Waals surface area contributed by atoms with E-state index in [4.69, 9.17) is 9.47 Å². The van der Waals surface area contributed by atoms with Crippen LogP contribution in [0.15, 0.2) is 58.1 Å². The number of hydrogen-bond acceptors (Lipinski definition) is 8.